The van der Waals surface area contributed by atoms with Gasteiger partial charge in [-0.05, 0) is 29.3 Å². The molecule has 0 radical (unpaired) electrons. The van der Waals surface area contributed by atoms with E-state index < -0.39 is 11.7 Å². The van der Waals surface area contributed by atoms with Crippen LogP contribution in [-0.2, 0) is 0 Å². The van der Waals surface area contributed by atoms with E-state index >= 15 is 0 Å². The number of hydrogen-bond acceptors (Lipinski definition) is 5. The van der Waals surface area contributed by atoms with Crippen LogP contribution in [0.5, 0.6) is 11.5 Å². The van der Waals surface area contributed by atoms with E-state index in [1.165, 1.54) is 35.7 Å². The van der Waals surface area contributed by atoms with E-state index in [4.69, 9.17) is 27.8 Å². The average molecular weight is 440 g/mol. The lowest BCUT2D eigenvalue weighted by Crippen LogP contribution is -2.09. The third-order valence-corrected chi connectivity index (χ3v) is 5.94. The number of nitrogens with two attached hydrogens (primary N) is 2. The molecular weight excluding hydrogens is 425 g/mol. The van der Waals surface area contributed by atoms with E-state index in [-0.39, 0.29) is 22.3 Å². The first-order valence-electron chi connectivity index (χ1n) is 8.81. The quantitative estimate of drug-likeness (QED) is 0.414. The van der Waals surface area contributed by atoms with Crippen LogP contribution >= 0.6 is 22.9 Å². The van der Waals surface area contributed by atoms with Crippen molar-refractivity contribution in [1.29, 1.82) is 0 Å². The van der Waals surface area contributed by atoms with E-state index in [0.29, 0.717) is 16.0 Å². The Balaban J connectivity index is 1.71. The molecule has 0 unspecified atom stereocenters. The maximum atomic E-state index is 14.8. The zero-order valence-electron chi connectivity index (χ0n) is 15.4. The van der Waals surface area contributed by atoms with Gasteiger partial charge in [-0.2, -0.15) is 0 Å². The summed E-state index contributed by atoms with van der Waals surface area (Å²) in [5.41, 5.74) is 13.2. The largest absolute Gasteiger partial charge is 0.453 e. The van der Waals surface area contributed by atoms with Gasteiger partial charge in [0.2, 0.25) is 0 Å². The summed E-state index contributed by atoms with van der Waals surface area (Å²) in [6.07, 6.45) is 1.42. The topological polar surface area (TPSA) is 91.2 Å². The molecule has 0 spiro atoms. The van der Waals surface area contributed by atoms with Crippen molar-refractivity contribution in [2.75, 3.05) is 5.73 Å². The first-order valence-corrected chi connectivity index (χ1v) is 10.0. The van der Waals surface area contributed by atoms with Crippen LogP contribution in [-0.4, -0.2) is 10.9 Å². The molecule has 2 aromatic carbocycles. The minimum Gasteiger partial charge on any atom is -0.453 e. The monoisotopic (exact) mass is 439 g/mol. The van der Waals surface area contributed by atoms with Gasteiger partial charge in [0.05, 0.1) is 0 Å². The zero-order valence-corrected chi connectivity index (χ0v) is 17.0. The number of amides is 1. The fourth-order valence-corrected chi connectivity index (χ4v) is 4.11. The molecule has 0 saturated heterocycles. The molecule has 0 aliphatic rings. The molecule has 0 bridgehead atoms. The van der Waals surface area contributed by atoms with Crippen LogP contribution in [0.1, 0.15) is 9.67 Å². The highest BCUT2D eigenvalue weighted by Gasteiger charge is 2.18. The Bertz CT molecular complexity index is 1240. The van der Waals surface area contributed by atoms with Crippen LogP contribution in [0.15, 0.2) is 66.9 Å². The second-order valence-electron chi connectivity index (χ2n) is 6.34. The van der Waals surface area contributed by atoms with Crippen LogP contribution in [0.3, 0.4) is 0 Å². The number of anilines is 1. The van der Waals surface area contributed by atoms with Gasteiger partial charge in [0.1, 0.15) is 15.7 Å². The number of carbonyl (C=O) groups excluding carboxylic acids is 1. The smallest absolute Gasteiger partial charge is 0.259 e. The molecule has 1 amide bonds. The highest BCUT2D eigenvalue weighted by atomic mass is 35.5. The van der Waals surface area contributed by atoms with Crippen LogP contribution in [0, 0.1) is 5.82 Å². The van der Waals surface area contributed by atoms with Gasteiger partial charge < -0.3 is 16.2 Å². The Kier molecular flexibility index (Phi) is 5.39. The second-order valence-corrected chi connectivity index (χ2v) is 7.77. The number of aromatic nitrogens is 1. The Morgan fingerprint density at radius 2 is 1.80 bits per heavy atom. The molecule has 30 heavy (non-hydrogen) atoms. The number of thiophene rings is 1. The highest BCUT2D eigenvalue weighted by molar-refractivity contribution is 7.18. The predicted molar refractivity (Wildman–Crippen MR) is 117 cm³/mol. The molecule has 0 aliphatic heterocycles. The third-order valence-electron chi connectivity index (χ3n) is 4.36. The Labute approximate surface area is 180 Å². The van der Waals surface area contributed by atoms with Crippen LogP contribution in [0.4, 0.5) is 10.2 Å². The summed E-state index contributed by atoms with van der Waals surface area (Å²) >= 11 is 7.32. The van der Waals surface area contributed by atoms with Gasteiger partial charge in [0, 0.05) is 22.7 Å². The first kappa shape index (κ1) is 19.9. The number of rotatable bonds is 5. The van der Waals surface area contributed by atoms with E-state index in [9.17, 15) is 9.18 Å². The minimum absolute atomic E-state index is 0.0367. The molecule has 0 saturated carbocycles. The number of benzene rings is 2. The average Bonchev–Trinajstić information content (AvgIpc) is 3.19. The van der Waals surface area contributed by atoms with Crippen LogP contribution < -0.4 is 16.2 Å². The first-order chi connectivity index (χ1) is 14.4. The van der Waals surface area contributed by atoms with E-state index in [0.717, 1.165) is 10.4 Å². The maximum Gasteiger partial charge on any atom is 0.259 e. The highest BCUT2D eigenvalue weighted by Crippen LogP contribution is 2.39. The Morgan fingerprint density at radius 1 is 1.03 bits per heavy atom. The summed E-state index contributed by atoms with van der Waals surface area (Å²) in [5.74, 6) is -0.955. The molecule has 8 heteroatoms. The van der Waals surface area contributed by atoms with Gasteiger partial charge in [-0.3, -0.25) is 4.79 Å². The lowest BCUT2D eigenvalue weighted by atomic mass is 10.0. The summed E-state index contributed by atoms with van der Waals surface area (Å²) in [4.78, 5) is 17.0. The molecule has 150 valence electrons. The van der Waals surface area contributed by atoms with E-state index in [1.807, 2.05) is 36.4 Å². The molecule has 0 atom stereocenters. The van der Waals surface area contributed by atoms with Gasteiger partial charge in [-0.25, -0.2) is 9.37 Å². The standard InChI is InChI=1S/C22H15ClFN3O2S/c23-19-17(8-9-27-21(19)25)29-16-7-6-13(10-15(16)24)14-11-18(30-20(14)22(26)28)12-4-2-1-3-5-12/h1-11H,(H2,25,27)(H2,26,28). The summed E-state index contributed by atoms with van der Waals surface area (Å²) in [6, 6.07) is 17.3. The predicted octanol–water partition coefficient (Wildman–Crippen LogP) is 5.74. The van der Waals surface area contributed by atoms with E-state index in [1.54, 1.807) is 6.07 Å². The van der Waals surface area contributed by atoms with Gasteiger partial charge in [-0.1, -0.05) is 48.0 Å². The summed E-state index contributed by atoms with van der Waals surface area (Å²) < 4.78 is 20.3. The molecular formula is C22H15ClFN3O2S. The van der Waals surface area contributed by atoms with Crippen LogP contribution in [0.25, 0.3) is 21.6 Å². The molecule has 4 aromatic rings. The molecule has 4 N–H and O–H groups in total. The van der Waals surface area contributed by atoms with Gasteiger partial charge in [0.15, 0.2) is 17.3 Å². The molecule has 0 fully saturated rings. The van der Waals surface area contributed by atoms with Crippen molar-refractivity contribution >= 4 is 34.7 Å². The Morgan fingerprint density at radius 3 is 2.50 bits per heavy atom. The van der Waals surface area contributed by atoms with Crippen molar-refractivity contribution in [1.82, 2.24) is 4.98 Å². The number of primary amides is 1. The number of halogens is 2. The van der Waals surface area contributed by atoms with Gasteiger partial charge >= 0.3 is 0 Å². The lowest BCUT2D eigenvalue weighted by molar-refractivity contribution is 0.100. The van der Waals surface area contributed by atoms with E-state index in [2.05, 4.69) is 4.98 Å². The number of hydrogen-bond donors (Lipinski definition) is 2. The summed E-state index contributed by atoms with van der Waals surface area (Å²) in [6.45, 7) is 0. The number of pyridine rings is 1. The summed E-state index contributed by atoms with van der Waals surface area (Å²) in [7, 11) is 0. The second kappa shape index (κ2) is 8.14. The third kappa shape index (κ3) is 3.85. The summed E-state index contributed by atoms with van der Waals surface area (Å²) in [5, 5.41) is 0.0994. The SMILES string of the molecule is NC(=O)c1sc(-c2ccccc2)cc1-c1ccc(Oc2ccnc(N)c2Cl)c(F)c1. The number of ether oxygens (including phenoxy) is 1. The molecule has 2 heterocycles. The molecule has 5 nitrogen and oxygen atoms in total. The fraction of sp³-hybridized carbons (Fsp3) is 0. The van der Waals surface area contributed by atoms with Crippen LogP contribution in [0.2, 0.25) is 5.02 Å². The van der Waals surface area contributed by atoms with Crippen molar-refractivity contribution in [3.8, 4) is 33.1 Å². The van der Waals surface area contributed by atoms with Crippen molar-refractivity contribution in [2.24, 2.45) is 5.73 Å². The number of carbonyl (C=O) groups is 1. The van der Waals surface area contributed by atoms with Crippen molar-refractivity contribution in [3.63, 3.8) is 0 Å². The minimum atomic E-state index is -0.623. The van der Waals surface area contributed by atoms with Crippen molar-refractivity contribution in [2.45, 2.75) is 0 Å². The number of nitrogens with zero attached hydrogens (tertiary/aromatic N) is 1. The maximum absolute atomic E-state index is 14.8. The van der Waals surface area contributed by atoms with Gasteiger partial charge in [0.25, 0.3) is 5.91 Å². The molecule has 0 aliphatic carbocycles. The number of nitrogen functional groups attached to an aromatic ring is 1. The lowest BCUT2D eigenvalue weighted by Gasteiger charge is -2.10. The Hall–Kier alpha value is -3.42. The van der Waals surface area contributed by atoms with Crippen molar-refractivity contribution in [3.05, 3.63) is 82.6 Å². The fourth-order valence-electron chi connectivity index (χ4n) is 2.92. The van der Waals surface area contributed by atoms with Gasteiger partial charge in [-0.15, -0.1) is 11.3 Å². The normalized spacial score (nSPS) is 10.7. The molecule has 4 rings (SSSR count). The van der Waals surface area contributed by atoms with Crippen molar-refractivity contribution < 1.29 is 13.9 Å². The zero-order chi connectivity index (χ0) is 21.3. The molecule has 2 aromatic heterocycles.